The van der Waals surface area contributed by atoms with Crippen LogP contribution in [-0.4, -0.2) is 47.9 Å². The Morgan fingerprint density at radius 1 is 1.45 bits per heavy atom. The first kappa shape index (κ1) is 17.3. The van der Waals surface area contributed by atoms with Crippen molar-refractivity contribution in [3.8, 4) is 0 Å². The third-order valence-corrected chi connectivity index (χ3v) is 5.30. The Bertz CT molecular complexity index is 460. The summed E-state index contributed by atoms with van der Waals surface area (Å²) >= 11 is 1.84. The molecule has 1 amide bonds. The highest BCUT2D eigenvalue weighted by atomic mass is 32.2. The van der Waals surface area contributed by atoms with Crippen molar-refractivity contribution >= 4 is 17.7 Å². The van der Waals surface area contributed by atoms with E-state index in [1.165, 1.54) is 0 Å². The topological polar surface area (TPSA) is 58.6 Å². The minimum absolute atomic E-state index is 0.0158. The van der Waals surface area contributed by atoms with Crippen LogP contribution < -0.4 is 5.32 Å². The van der Waals surface area contributed by atoms with Gasteiger partial charge in [0.2, 0.25) is 5.91 Å². The monoisotopic (exact) mass is 323 g/mol. The molecule has 4 nitrogen and oxygen atoms in total. The van der Waals surface area contributed by atoms with Crippen molar-refractivity contribution in [2.45, 2.75) is 31.3 Å². The lowest BCUT2D eigenvalue weighted by Gasteiger charge is -2.29. The van der Waals surface area contributed by atoms with Crippen LogP contribution in [0.3, 0.4) is 0 Å². The van der Waals surface area contributed by atoms with Crippen molar-refractivity contribution in [1.29, 1.82) is 0 Å². The zero-order chi connectivity index (χ0) is 15.8. The zero-order valence-corrected chi connectivity index (χ0v) is 13.9. The summed E-state index contributed by atoms with van der Waals surface area (Å²) in [5, 5.41) is 12.0. The molecule has 0 aromatic heterocycles. The number of benzene rings is 1. The molecule has 0 spiro atoms. The lowest BCUT2D eigenvalue weighted by molar-refractivity contribution is -0.124. The molecule has 2 N–H and O–H groups in total. The van der Waals surface area contributed by atoms with E-state index in [0.717, 1.165) is 29.9 Å². The van der Waals surface area contributed by atoms with Crippen LogP contribution in [0.25, 0.3) is 0 Å². The summed E-state index contributed by atoms with van der Waals surface area (Å²) in [7, 11) is 0. The van der Waals surface area contributed by atoms with E-state index in [-0.39, 0.29) is 24.0 Å². The van der Waals surface area contributed by atoms with Crippen molar-refractivity contribution in [3.63, 3.8) is 0 Å². The van der Waals surface area contributed by atoms with E-state index in [1.54, 1.807) is 0 Å². The van der Waals surface area contributed by atoms with Gasteiger partial charge >= 0.3 is 0 Å². The van der Waals surface area contributed by atoms with Crippen LogP contribution in [-0.2, 0) is 9.53 Å². The quantitative estimate of drug-likeness (QED) is 0.770. The van der Waals surface area contributed by atoms with Gasteiger partial charge in [0.05, 0.1) is 24.7 Å². The van der Waals surface area contributed by atoms with Gasteiger partial charge < -0.3 is 15.2 Å². The predicted octanol–water partition coefficient (Wildman–Crippen LogP) is 2.18. The highest BCUT2D eigenvalue weighted by molar-refractivity contribution is 7.99. The second-order valence-corrected chi connectivity index (χ2v) is 6.75. The lowest BCUT2D eigenvalue weighted by Crippen LogP contribution is -2.46. The summed E-state index contributed by atoms with van der Waals surface area (Å²) in [4.78, 5) is 12.5. The molecule has 0 aliphatic carbocycles. The van der Waals surface area contributed by atoms with E-state index in [9.17, 15) is 4.79 Å². The van der Waals surface area contributed by atoms with Crippen molar-refractivity contribution in [2.24, 2.45) is 0 Å². The molecule has 1 heterocycles. The second-order valence-electron chi connectivity index (χ2n) is 5.65. The minimum Gasteiger partial charge on any atom is -0.394 e. The van der Waals surface area contributed by atoms with Gasteiger partial charge in [-0.25, -0.2) is 0 Å². The first-order valence-electron chi connectivity index (χ1n) is 7.86. The third kappa shape index (κ3) is 4.48. The molecule has 1 fully saturated rings. The highest BCUT2D eigenvalue weighted by Crippen LogP contribution is 2.31. The van der Waals surface area contributed by atoms with Gasteiger partial charge in [-0.15, -0.1) is 0 Å². The Labute approximate surface area is 136 Å². The van der Waals surface area contributed by atoms with Gasteiger partial charge in [0.25, 0.3) is 0 Å². The number of carbonyl (C=O) groups is 1. The fourth-order valence-electron chi connectivity index (χ4n) is 2.78. The number of ether oxygens (including phenoxy) is 1. The second kappa shape index (κ2) is 8.56. The van der Waals surface area contributed by atoms with Crippen LogP contribution in [0.4, 0.5) is 0 Å². The van der Waals surface area contributed by atoms with E-state index < -0.39 is 0 Å². The number of hydrogen-bond donors (Lipinski definition) is 2. The number of carbonyl (C=O) groups excluding carboxylic acids is 1. The Kier molecular flexibility index (Phi) is 6.73. The molecule has 0 saturated carbocycles. The van der Waals surface area contributed by atoms with Crippen LogP contribution in [0, 0.1) is 0 Å². The number of rotatable bonds is 8. The summed E-state index contributed by atoms with van der Waals surface area (Å²) in [6.45, 7) is 2.89. The fourth-order valence-corrected chi connectivity index (χ4v) is 4.15. The minimum atomic E-state index is -0.321. The van der Waals surface area contributed by atoms with Gasteiger partial charge in [-0.05, 0) is 24.2 Å². The molecule has 1 saturated heterocycles. The van der Waals surface area contributed by atoms with Crippen LogP contribution >= 0.6 is 11.8 Å². The number of nitrogens with one attached hydrogen (secondary N) is 1. The maximum Gasteiger partial charge on any atom is 0.227 e. The molecule has 122 valence electrons. The van der Waals surface area contributed by atoms with Crippen molar-refractivity contribution in [1.82, 2.24) is 5.32 Å². The summed E-state index contributed by atoms with van der Waals surface area (Å²) in [5.41, 5.74) is 0.728. The maximum absolute atomic E-state index is 12.5. The van der Waals surface area contributed by atoms with Gasteiger partial charge in [0.15, 0.2) is 0 Å². The van der Waals surface area contributed by atoms with Crippen LogP contribution in [0.2, 0.25) is 0 Å². The maximum atomic E-state index is 12.5. The van der Waals surface area contributed by atoms with E-state index in [2.05, 4.69) is 5.32 Å². The van der Waals surface area contributed by atoms with Gasteiger partial charge in [-0.1, -0.05) is 37.3 Å². The van der Waals surface area contributed by atoms with Gasteiger partial charge in [-0.2, -0.15) is 11.8 Å². The van der Waals surface area contributed by atoms with Crippen molar-refractivity contribution in [2.75, 3.05) is 31.3 Å². The van der Waals surface area contributed by atoms with Crippen LogP contribution in [0.1, 0.15) is 31.2 Å². The number of aliphatic hydroxyl groups excluding tert-OH is 1. The fraction of sp³-hybridized carbons (Fsp3) is 0.588. The summed E-state index contributed by atoms with van der Waals surface area (Å²) < 4.78 is 5.82. The molecule has 1 aromatic rings. The molecule has 5 heteroatoms. The SMILES string of the molecule is CCC(C(=O)NCC1(OCCO)CCSC1)c1ccccc1. The van der Waals surface area contributed by atoms with Gasteiger partial charge in [0.1, 0.15) is 0 Å². The Morgan fingerprint density at radius 2 is 2.23 bits per heavy atom. The molecule has 0 bridgehead atoms. The van der Waals surface area contributed by atoms with Gasteiger partial charge in [-0.3, -0.25) is 4.79 Å². The van der Waals surface area contributed by atoms with Crippen molar-refractivity contribution < 1.29 is 14.6 Å². The number of thioether (sulfide) groups is 1. The van der Waals surface area contributed by atoms with Crippen molar-refractivity contribution in [3.05, 3.63) is 35.9 Å². The molecule has 1 aromatic carbocycles. The Balaban J connectivity index is 1.95. The average Bonchev–Trinajstić information content (AvgIpc) is 3.02. The molecular formula is C17H25NO3S. The third-order valence-electron chi connectivity index (χ3n) is 4.08. The van der Waals surface area contributed by atoms with Crippen LogP contribution in [0.15, 0.2) is 30.3 Å². The number of hydrogen-bond acceptors (Lipinski definition) is 4. The largest absolute Gasteiger partial charge is 0.394 e. The molecule has 2 rings (SSSR count). The first-order valence-corrected chi connectivity index (χ1v) is 9.01. The van der Waals surface area contributed by atoms with E-state index in [0.29, 0.717) is 13.2 Å². The molecule has 1 aliphatic heterocycles. The smallest absolute Gasteiger partial charge is 0.227 e. The average molecular weight is 323 g/mol. The lowest BCUT2D eigenvalue weighted by atomic mass is 9.95. The standard InChI is InChI=1S/C17H25NO3S/c1-2-15(14-6-4-3-5-7-14)16(20)18-12-17(21-10-9-19)8-11-22-13-17/h3-7,15,19H,2,8-13H2,1H3,(H,18,20). The molecule has 1 aliphatic rings. The molecular weight excluding hydrogens is 298 g/mol. The predicted molar refractivity (Wildman–Crippen MR) is 90.2 cm³/mol. The van der Waals surface area contributed by atoms with Gasteiger partial charge in [0, 0.05) is 12.3 Å². The van der Waals surface area contributed by atoms with E-state index in [4.69, 9.17) is 9.84 Å². The molecule has 2 unspecified atom stereocenters. The Hall–Kier alpha value is -1.04. The highest BCUT2D eigenvalue weighted by Gasteiger charge is 2.36. The van der Waals surface area contributed by atoms with Crippen LogP contribution in [0.5, 0.6) is 0 Å². The summed E-state index contributed by atoms with van der Waals surface area (Å²) in [5.74, 6) is 1.84. The molecule has 22 heavy (non-hydrogen) atoms. The normalized spacial score (nSPS) is 22.5. The summed E-state index contributed by atoms with van der Waals surface area (Å²) in [6.07, 6.45) is 1.69. The number of amides is 1. The summed E-state index contributed by atoms with van der Waals surface area (Å²) in [6, 6.07) is 9.88. The Morgan fingerprint density at radius 3 is 2.82 bits per heavy atom. The molecule has 2 atom stereocenters. The zero-order valence-electron chi connectivity index (χ0n) is 13.1. The molecule has 0 radical (unpaired) electrons. The van der Waals surface area contributed by atoms with E-state index in [1.807, 2.05) is 49.0 Å². The number of aliphatic hydroxyl groups is 1. The first-order chi connectivity index (χ1) is 10.7. The van der Waals surface area contributed by atoms with E-state index >= 15 is 0 Å².